The van der Waals surface area contributed by atoms with E-state index in [1.807, 2.05) is 36.4 Å². The number of nitrogens with one attached hydrogen (secondary N) is 1. The van der Waals surface area contributed by atoms with E-state index >= 15 is 0 Å². The predicted octanol–water partition coefficient (Wildman–Crippen LogP) is 4.26. The number of nitrogens with zero attached hydrogens (tertiary/aromatic N) is 3. The van der Waals surface area contributed by atoms with Crippen LogP contribution in [0.4, 0.5) is 11.8 Å². The Morgan fingerprint density at radius 2 is 1.85 bits per heavy atom. The number of methoxy groups -OCH3 is 2. The molecule has 1 aromatic heterocycles. The van der Waals surface area contributed by atoms with Crippen molar-refractivity contribution in [2.24, 2.45) is 0 Å². The van der Waals surface area contributed by atoms with E-state index in [2.05, 4.69) is 27.4 Å². The Labute approximate surface area is 232 Å². The van der Waals surface area contributed by atoms with Crippen LogP contribution < -0.4 is 16.8 Å². The van der Waals surface area contributed by atoms with E-state index in [-0.39, 0.29) is 29.3 Å². The van der Waals surface area contributed by atoms with Crippen LogP contribution in [0.25, 0.3) is 16.9 Å². The van der Waals surface area contributed by atoms with Gasteiger partial charge < -0.3 is 26.3 Å². The van der Waals surface area contributed by atoms with Gasteiger partial charge in [-0.15, -0.1) is 0 Å². The van der Waals surface area contributed by atoms with Gasteiger partial charge in [0.1, 0.15) is 5.82 Å². The molecule has 0 aliphatic carbocycles. The van der Waals surface area contributed by atoms with Gasteiger partial charge in [-0.1, -0.05) is 54.6 Å². The van der Waals surface area contributed by atoms with Gasteiger partial charge in [-0.25, -0.2) is 4.98 Å². The molecule has 0 radical (unpaired) electrons. The number of nitrogen functional groups attached to an aromatic ring is 2. The summed E-state index contributed by atoms with van der Waals surface area (Å²) in [6, 6.07) is 22.4. The van der Waals surface area contributed by atoms with E-state index in [1.165, 1.54) is 19.8 Å². The summed E-state index contributed by atoms with van der Waals surface area (Å²) in [5, 5.41) is 13.5. The third-order valence-electron chi connectivity index (χ3n) is 6.96. The van der Waals surface area contributed by atoms with Crippen molar-refractivity contribution in [3.63, 3.8) is 0 Å². The quantitative estimate of drug-likeness (QED) is 0.180. The van der Waals surface area contributed by atoms with E-state index in [1.54, 1.807) is 30.5 Å². The molecule has 0 fully saturated rings. The summed E-state index contributed by atoms with van der Waals surface area (Å²) in [4.78, 5) is 22.3. The van der Waals surface area contributed by atoms with Gasteiger partial charge in [-0.2, -0.15) is 10.2 Å². The van der Waals surface area contributed by atoms with Gasteiger partial charge in [-0.3, -0.25) is 4.79 Å². The molecule has 3 aromatic carbocycles. The molecule has 1 aliphatic heterocycles. The molecule has 5 rings (SSSR count). The second kappa shape index (κ2) is 11.3. The topological polar surface area (TPSA) is 149 Å². The minimum atomic E-state index is -0.406. The Hall–Kier alpha value is -5.20. The summed E-state index contributed by atoms with van der Waals surface area (Å²) in [5.41, 5.74) is 17.2. The average Bonchev–Trinajstić information content (AvgIpc) is 2.98. The molecule has 5 N–H and O–H groups in total. The van der Waals surface area contributed by atoms with E-state index in [9.17, 15) is 10.1 Å². The number of nitriles is 1. The maximum absolute atomic E-state index is 14.2. The maximum atomic E-state index is 14.2. The van der Waals surface area contributed by atoms with Crippen LogP contribution in [-0.2, 0) is 15.9 Å². The van der Waals surface area contributed by atoms with Crippen LogP contribution in [0, 0.1) is 11.3 Å². The van der Waals surface area contributed by atoms with Crippen molar-refractivity contribution in [3.05, 3.63) is 112 Å². The number of aromatic nitrogens is 2. The van der Waals surface area contributed by atoms with Crippen LogP contribution in [0.3, 0.4) is 0 Å². The Kier molecular flexibility index (Phi) is 7.44. The first-order chi connectivity index (χ1) is 19.5. The molecular formula is C31H28N6O3. The first-order valence-corrected chi connectivity index (χ1v) is 12.7. The van der Waals surface area contributed by atoms with E-state index in [0.717, 1.165) is 18.5 Å². The smallest absolute Gasteiger partial charge is 0.231 e. The van der Waals surface area contributed by atoms with Gasteiger partial charge in [0.05, 0.1) is 31.9 Å². The van der Waals surface area contributed by atoms with Crippen LogP contribution in [0.15, 0.2) is 78.7 Å². The zero-order valence-corrected chi connectivity index (χ0v) is 22.1. The zero-order valence-electron chi connectivity index (χ0n) is 22.1. The number of fused-ring (bicyclic) bond motifs is 1. The summed E-state index contributed by atoms with van der Waals surface area (Å²) in [7, 11) is 2.89. The molecule has 40 heavy (non-hydrogen) atoms. The fraction of sp³-hybridized carbons (Fsp3) is 0.161. The highest BCUT2D eigenvalue weighted by Gasteiger charge is 2.30. The van der Waals surface area contributed by atoms with Gasteiger partial charge >= 0.3 is 0 Å². The van der Waals surface area contributed by atoms with Gasteiger partial charge in [-0.05, 0) is 35.2 Å². The molecule has 4 aromatic rings. The number of benzene rings is 3. The lowest BCUT2D eigenvalue weighted by Crippen LogP contribution is -2.32. The molecule has 0 saturated heterocycles. The minimum absolute atomic E-state index is 0.00149. The number of carbonyl (C=O) groups excluding carboxylic acids is 1. The number of allylic oxidation sites excluding steroid dienone is 1. The fourth-order valence-corrected chi connectivity index (χ4v) is 5.15. The predicted molar refractivity (Wildman–Crippen MR) is 153 cm³/mol. The summed E-state index contributed by atoms with van der Waals surface area (Å²) >= 11 is 0. The number of hydrogen-bond acceptors (Lipinski definition) is 9. The van der Waals surface area contributed by atoms with Crippen molar-refractivity contribution >= 4 is 23.3 Å². The first-order valence-electron chi connectivity index (χ1n) is 12.7. The number of Topliss-reactive ketones (excluding diaryl/α,β-unsaturated/α-hetero) is 1. The molecule has 0 saturated carbocycles. The fourth-order valence-electron chi connectivity index (χ4n) is 5.15. The van der Waals surface area contributed by atoms with Crippen molar-refractivity contribution in [3.8, 4) is 17.2 Å². The Bertz CT molecular complexity index is 1670. The highest BCUT2D eigenvalue weighted by molar-refractivity contribution is 6.12. The monoisotopic (exact) mass is 532 g/mol. The molecule has 1 unspecified atom stereocenters. The number of hydrogen-bond donors (Lipinski definition) is 3. The second-order valence-electron chi connectivity index (χ2n) is 9.22. The van der Waals surface area contributed by atoms with E-state index < -0.39 is 5.78 Å². The summed E-state index contributed by atoms with van der Waals surface area (Å²) in [6.45, 7) is 0.718. The second-order valence-corrected chi connectivity index (χ2v) is 9.22. The number of anilines is 2. The van der Waals surface area contributed by atoms with Crippen LogP contribution in [0.2, 0.25) is 0 Å². The molecule has 200 valence electrons. The Morgan fingerprint density at radius 1 is 1.05 bits per heavy atom. The van der Waals surface area contributed by atoms with Gasteiger partial charge in [0, 0.05) is 35.0 Å². The molecule has 9 heteroatoms. The number of carbonyl (C=O) groups is 1. The largest absolute Gasteiger partial charge is 0.492 e. The van der Waals surface area contributed by atoms with Crippen molar-refractivity contribution < 1.29 is 14.3 Å². The van der Waals surface area contributed by atoms with Crippen molar-refractivity contribution in [2.75, 3.05) is 32.2 Å². The summed E-state index contributed by atoms with van der Waals surface area (Å²) in [5.74, 6) is 0.134. The standard InChI is InChI=1S/C31H28N6O3/c1-39-28(20-9-5-8-19(15-20)24-17-36-31(34)37-30(24)33)29(40-2)27(38)23-12-6-10-21(16-32)25(23)26-22-11-4-3-7-18(22)13-14-35-26/h3-12,15,17,26,35H,13-14H2,1-2H3,(H4,33,34,36,37). The molecular weight excluding hydrogens is 504 g/mol. The van der Waals surface area contributed by atoms with Crippen molar-refractivity contribution in [1.29, 1.82) is 5.26 Å². The molecule has 0 amide bonds. The van der Waals surface area contributed by atoms with Crippen LogP contribution in [-0.4, -0.2) is 36.5 Å². The summed E-state index contributed by atoms with van der Waals surface area (Å²) < 4.78 is 11.4. The number of nitrogens with two attached hydrogens (primary N) is 2. The lowest BCUT2D eigenvalue weighted by Gasteiger charge is -2.29. The Balaban J connectivity index is 1.64. The van der Waals surface area contributed by atoms with Crippen molar-refractivity contribution in [2.45, 2.75) is 12.5 Å². The summed E-state index contributed by atoms with van der Waals surface area (Å²) in [6.07, 6.45) is 2.41. The third kappa shape index (κ3) is 4.84. The lowest BCUT2D eigenvalue weighted by atomic mass is 9.84. The average molecular weight is 533 g/mol. The Morgan fingerprint density at radius 3 is 2.60 bits per heavy atom. The molecule has 1 aliphatic rings. The van der Waals surface area contributed by atoms with E-state index in [4.69, 9.17) is 20.9 Å². The normalized spacial score (nSPS) is 14.9. The molecule has 0 spiro atoms. The zero-order chi connectivity index (χ0) is 28.2. The number of rotatable bonds is 7. The maximum Gasteiger partial charge on any atom is 0.231 e. The highest BCUT2D eigenvalue weighted by Crippen LogP contribution is 2.35. The van der Waals surface area contributed by atoms with Crippen LogP contribution >= 0.6 is 0 Å². The van der Waals surface area contributed by atoms with Crippen molar-refractivity contribution in [1.82, 2.24) is 15.3 Å². The van der Waals surface area contributed by atoms with Gasteiger partial charge in [0.25, 0.3) is 0 Å². The third-order valence-corrected chi connectivity index (χ3v) is 6.96. The lowest BCUT2D eigenvalue weighted by molar-refractivity contribution is 0.0945. The van der Waals surface area contributed by atoms with Gasteiger partial charge in [0.2, 0.25) is 17.5 Å². The number of ether oxygens (including phenoxy) is 2. The molecule has 2 heterocycles. The highest BCUT2D eigenvalue weighted by atomic mass is 16.5. The van der Waals surface area contributed by atoms with Gasteiger partial charge in [0.15, 0.2) is 5.76 Å². The molecule has 9 nitrogen and oxygen atoms in total. The first kappa shape index (κ1) is 26.4. The van der Waals surface area contributed by atoms with Crippen LogP contribution in [0.1, 0.15) is 44.2 Å². The van der Waals surface area contributed by atoms with Crippen LogP contribution in [0.5, 0.6) is 0 Å². The molecule has 1 atom stereocenters. The molecule has 0 bridgehead atoms. The minimum Gasteiger partial charge on any atom is -0.492 e. The SMILES string of the molecule is COC(C(=O)c1cccc(C#N)c1C1NCCc2ccccc21)=C(OC)c1cccc(-c2cnc(N)nc2N)c1. The van der Waals surface area contributed by atoms with E-state index in [0.29, 0.717) is 33.4 Å². The number of ketones is 1.